The van der Waals surface area contributed by atoms with Crippen LogP contribution < -0.4 is 9.46 Å². The predicted molar refractivity (Wildman–Crippen MR) is 102 cm³/mol. The fourth-order valence-corrected chi connectivity index (χ4v) is 3.71. The molecular formula is C16H17N3O6S2. The van der Waals surface area contributed by atoms with Crippen LogP contribution in [0.2, 0.25) is 0 Å². The third kappa shape index (κ3) is 5.11. The first-order chi connectivity index (χ1) is 12.6. The molecule has 0 aliphatic heterocycles. The molecule has 0 atom stereocenters. The van der Waals surface area contributed by atoms with Crippen molar-refractivity contribution in [1.82, 2.24) is 4.90 Å². The normalized spacial score (nSPS) is 10.9. The first-order valence-corrected chi connectivity index (χ1v) is 9.78. The Hall–Kier alpha value is -2.79. The summed E-state index contributed by atoms with van der Waals surface area (Å²) in [6.07, 6.45) is 0. The number of sulfonamides is 1. The second-order valence-electron chi connectivity index (χ2n) is 5.48. The lowest BCUT2D eigenvalue weighted by Crippen LogP contribution is -2.16. The van der Waals surface area contributed by atoms with Gasteiger partial charge in [0.05, 0.1) is 16.9 Å². The van der Waals surface area contributed by atoms with Gasteiger partial charge >= 0.3 is 5.69 Å². The monoisotopic (exact) mass is 411 g/mol. The van der Waals surface area contributed by atoms with E-state index in [9.17, 15) is 23.3 Å². The van der Waals surface area contributed by atoms with Crippen LogP contribution in [0.25, 0.3) is 0 Å². The van der Waals surface area contributed by atoms with Crippen molar-refractivity contribution < 1.29 is 22.9 Å². The van der Waals surface area contributed by atoms with Gasteiger partial charge in [-0.05, 0) is 48.2 Å². The van der Waals surface area contributed by atoms with Crippen LogP contribution in [0.15, 0.2) is 52.3 Å². The second kappa shape index (κ2) is 8.27. The minimum Gasteiger partial charge on any atom is -0.490 e. The van der Waals surface area contributed by atoms with Gasteiger partial charge in [0.1, 0.15) is 0 Å². The molecule has 11 heteroatoms. The van der Waals surface area contributed by atoms with Crippen LogP contribution in [0.5, 0.6) is 5.75 Å². The summed E-state index contributed by atoms with van der Waals surface area (Å²) in [5.74, 6) is -0.0362. The molecule has 0 aliphatic rings. The molecule has 9 nitrogen and oxygen atoms in total. The predicted octanol–water partition coefficient (Wildman–Crippen LogP) is 3.18. The number of benzene rings is 2. The fourth-order valence-electron chi connectivity index (χ4n) is 1.98. The molecule has 144 valence electrons. The molecule has 1 amide bonds. The van der Waals surface area contributed by atoms with Crippen LogP contribution in [-0.2, 0) is 10.0 Å². The largest absolute Gasteiger partial charge is 0.490 e. The number of nitrogens with zero attached hydrogens (tertiary/aromatic N) is 2. The topological polar surface area (TPSA) is 119 Å². The van der Waals surface area contributed by atoms with Gasteiger partial charge in [0, 0.05) is 30.7 Å². The molecule has 2 aromatic carbocycles. The molecule has 0 saturated carbocycles. The Bertz CT molecular complexity index is 959. The molecule has 1 N–H and O–H groups in total. The molecule has 0 saturated heterocycles. The number of hydrogen-bond acceptors (Lipinski definition) is 7. The maximum absolute atomic E-state index is 12.5. The Labute approximate surface area is 160 Å². The van der Waals surface area contributed by atoms with Gasteiger partial charge < -0.3 is 9.64 Å². The summed E-state index contributed by atoms with van der Waals surface area (Å²) >= 11 is 1.00. The minimum atomic E-state index is -4.04. The number of carbonyl (C=O) groups excluding carboxylic acids is 1. The Balaban J connectivity index is 2.22. The Kier molecular flexibility index (Phi) is 6.28. The number of methoxy groups -OCH3 is 1. The molecule has 0 aliphatic carbocycles. The van der Waals surface area contributed by atoms with Gasteiger partial charge in [-0.25, -0.2) is 8.42 Å². The summed E-state index contributed by atoms with van der Waals surface area (Å²) in [6.45, 7) is 0. The van der Waals surface area contributed by atoms with Gasteiger partial charge in [-0.2, -0.15) is 0 Å². The van der Waals surface area contributed by atoms with E-state index >= 15 is 0 Å². The molecule has 2 rings (SSSR count). The third-order valence-electron chi connectivity index (χ3n) is 3.33. The number of nitro groups is 1. The first kappa shape index (κ1) is 20.5. The highest BCUT2D eigenvalue weighted by Gasteiger charge is 2.22. The Morgan fingerprint density at radius 3 is 2.33 bits per heavy atom. The summed E-state index contributed by atoms with van der Waals surface area (Å²) in [7, 11) is 0.485. The van der Waals surface area contributed by atoms with Crippen molar-refractivity contribution in [3.05, 3.63) is 52.6 Å². The van der Waals surface area contributed by atoms with Gasteiger partial charge in [0.25, 0.3) is 15.3 Å². The van der Waals surface area contributed by atoms with Crippen LogP contribution in [-0.4, -0.2) is 44.7 Å². The van der Waals surface area contributed by atoms with Crippen LogP contribution >= 0.6 is 11.8 Å². The summed E-state index contributed by atoms with van der Waals surface area (Å²) in [5, 5.41) is 10.9. The summed E-state index contributed by atoms with van der Waals surface area (Å²) in [4.78, 5) is 23.8. The molecule has 27 heavy (non-hydrogen) atoms. The molecular weight excluding hydrogens is 394 g/mol. The zero-order chi connectivity index (χ0) is 20.2. The van der Waals surface area contributed by atoms with Crippen molar-refractivity contribution in [2.24, 2.45) is 0 Å². The van der Waals surface area contributed by atoms with Crippen molar-refractivity contribution in [3.63, 3.8) is 0 Å². The van der Waals surface area contributed by atoms with Crippen molar-refractivity contribution in [2.45, 2.75) is 9.79 Å². The average molecular weight is 411 g/mol. The average Bonchev–Trinajstić information content (AvgIpc) is 2.62. The van der Waals surface area contributed by atoms with E-state index in [4.69, 9.17) is 4.74 Å². The van der Waals surface area contributed by atoms with E-state index in [1.165, 1.54) is 36.3 Å². The highest BCUT2D eigenvalue weighted by molar-refractivity contribution is 8.13. The number of amides is 1. The maximum Gasteiger partial charge on any atom is 0.312 e. The first-order valence-electron chi connectivity index (χ1n) is 7.48. The van der Waals surface area contributed by atoms with Gasteiger partial charge in [-0.15, -0.1) is 0 Å². The SMILES string of the molecule is COc1ccc(S(=O)(=O)Nc2ccc(SC(=O)N(C)C)cc2)cc1[N+](=O)[O-]. The highest BCUT2D eigenvalue weighted by atomic mass is 32.2. The van der Waals surface area contributed by atoms with E-state index in [0.29, 0.717) is 4.90 Å². The van der Waals surface area contributed by atoms with Crippen molar-refractivity contribution in [3.8, 4) is 5.75 Å². The number of hydrogen-bond donors (Lipinski definition) is 1. The standard InChI is InChI=1S/C16H17N3O6S2/c1-18(2)16(20)26-12-6-4-11(5-7-12)17-27(23,24)13-8-9-15(25-3)14(10-13)19(21)22/h4-10,17H,1-3H3. The number of rotatable bonds is 6. The maximum atomic E-state index is 12.5. The second-order valence-corrected chi connectivity index (χ2v) is 8.19. The van der Waals surface area contributed by atoms with E-state index < -0.39 is 20.6 Å². The van der Waals surface area contributed by atoms with Gasteiger partial charge in [-0.3, -0.25) is 19.6 Å². The smallest absolute Gasteiger partial charge is 0.312 e. The number of carbonyl (C=O) groups is 1. The fraction of sp³-hybridized carbons (Fsp3) is 0.188. The van der Waals surface area contributed by atoms with E-state index in [1.54, 1.807) is 26.2 Å². The van der Waals surface area contributed by atoms with E-state index in [2.05, 4.69) is 4.72 Å². The van der Waals surface area contributed by atoms with E-state index in [-0.39, 0.29) is 21.6 Å². The highest BCUT2D eigenvalue weighted by Crippen LogP contribution is 2.30. The zero-order valence-corrected chi connectivity index (χ0v) is 16.3. The number of ether oxygens (including phenoxy) is 1. The number of thioether (sulfide) groups is 1. The van der Waals surface area contributed by atoms with Crippen molar-refractivity contribution >= 4 is 38.4 Å². The van der Waals surface area contributed by atoms with E-state index in [0.717, 1.165) is 17.8 Å². The molecule has 0 bridgehead atoms. The third-order valence-corrected chi connectivity index (χ3v) is 5.76. The lowest BCUT2D eigenvalue weighted by molar-refractivity contribution is -0.386. The van der Waals surface area contributed by atoms with E-state index in [1.807, 2.05) is 0 Å². The van der Waals surface area contributed by atoms with Gasteiger partial charge in [0.2, 0.25) is 0 Å². The molecule has 0 unspecified atom stereocenters. The Morgan fingerprint density at radius 1 is 1.19 bits per heavy atom. The summed E-state index contributed by atoms with van der Waals surface area (Å²) in [5.41, 5.74) is -0.190. The molecule has 2 aromatic rings. The summed E-state index contributed by atoms with van der Waals surface area (Å²) in [6, 6.07) is 9.57. The lowest BCUT2D eigenvalue weighted by Gasteiger charge is -2.11. The van der Waals surface area contributed by atoms with Crippen molar-refractivity contribution in [1.29, 1.82) is 0 Å². The van der Waals surface area contributed by atoms with Gasteiger partial charge in [0.15, 0.2) is 5.75 Å². The Morgan fingerprint density at radius 2 is 1.81 bits per heavy atom. The molecule has 0 heterocycles. The molecule has 0 spiro atoms. The number of nitro benzene ring substituents is 1. The molecule has 0 aromatic heterocycles. The molecule has 0 radical (unpaired) electrons. The van der Waals surface area contributed by atoms with Crippen LogP contribution in [0.1, 0.15) is 0 Å². The zero-order valence-electron chi connectivity index (χ0n) is 14.7. The quantitative estimate of drug-likeness (QED) is 0.440. The van der Waals surface area contributed by atoms with Gasteiger partial charge in [-0.1, -0.05) is 0 Å². The molecule has 0 fully saturated rings. The van der Waals surface area contributed by atoms with Crippen LogP contribution in [0, 0.1) is 10.1 Å². The van der Waals surface area contributed by atoms with Crippen LogP contribution in [0.3, 0.4) is 0 Å². The lowest BCUT2D eigenvalue weighted by atomic mass is 10.3. The van der Waals surface area contributed by atoms with Crippen molar-refractivity contribution in [2.75, 3.05) is 25.9 Å². The number of nitrogens with one attached hydrogen (secondary N) is 1. The minimum absolute atomic E-state index is 0.0362. The summed E-state index contributed by atoms with van der Waals surface area (Å²) < 4.78 is 32.2. The number of anilines is 1. The van der Waals surface area contributed by atoms with Crippen LogP contribution in [0.4, 0.5) is 16.2 Å².